The molecule has 1 N–H and O–H groups in total. The minimum atomic E-state index is 0.509. The highest BCUT2D eigenvalue weighted by Gasteiger charge is 2.20. The van der Waals surface area contributed by atoms with E-state index in [1.807, 2.05) is 13.1 Å². The molecule has 0 spiro atoms. The molecule has 17 heavy (non-hydrogen) atoms. The van der Waals surface area contributed by atoms with Crippen molar-refractivity contribution in [3.8, 4) is 0 Å². The zero-order valence-corrected chi connectivity index (χ0v) is 10.0. The van der Waals surface area contributed by atoms with Crippen LogP contribution in [-0.4, -0.2) is 16.8 Å². The number of hydrogen-bond donors (Lipinski definition) is 1. The Morgan fingerprint density at radius 2 is 2.47 bits per heavy atom. The lowest BCUT2D eigenvalue weighted by Gasteiger charge is -2.21. The predicted molar refractivity (Wildman–Crippen MR) is 64.8 cm³/mol. The highest BCUT2D eigenvalue weighted by molar-refractivity contribution is 5.30. The van der Waals surface area contributed by atoms with Crippen LogP contribution in [0.25, 0.3) is 0 Å². The minimum absolute atomic E-state index is 0.509. The molecule has 2 aromatic heterocycles. The van der Waals surface area contributed by atoms with Crippen molar-refractivity contribution in [3.63, 3.8) is 0 Å². The van der Waals surface area contributed by atoms with E-state index in [1.165, 1.54) is 30.4 Å². The molecule has 0 bridgehead atoms. The number of hydrogen-bond acceptors (Lipinski definition) is 3. The maximum atomic E-state index is 5.14. The van der Waals surface area contributed by atoms with Gasteiger partial charge in [0.2, 0.25) is 0 Å². The van der Waals surface area contributed by atoms with Gasteiger partial charge in [0.05, 0.1) is 12.7 Å². The SMILES string of the molecule is CNC1CCCc2cn(Cc3ccno3)cc21. The first-order chi connectivity index (χ1) is 8.36. The fraction of sp³-hybridized carbons (Fsp3) is 0.462. The molecule has 90 valence electrons. The molecule has 0 radical (unpaired) electrons. The molecule has 0 aromatic carbocycles. The maximum Gasteiger partial charge on any atom is 0.156 e. The number of aryl methyl sites for hydroxylation is 1. The molecule has 1 aliphatic carbocycles. The van der Waals surface area contributed by atoms with Crippen LogP contribution in [-0.2, 0) is 13.0 Å². The second kappa shape index (κ2) is 4.37. The highest BCUT2D eigenvalue weighted by atomic mass is 16.5. The van der Waals surface area contributed by atoms with Crippen LogP contribution in [0.1, 0.15) is 35.8 Å². The quantitative estimate of drug-likeness (QED) is 0.880. The predicted octanol–water partition coefficient (Wildman–Crippen LogP) is 2.12. The van der Waals surface area contributed by atoms with E-state index in [9.17, 15) is 0 Å². The average molecular weight is 231 g/mol. The highest BCUT2D eigenvalue weighted by Crippen LogP contribution is 2.30. The molecular weight excluding hydrogens is 214 g/mol. The Balaban J connectivity index is 1.85. The van der Waals surface area contributed by atoms with E-state index < -0.39 is 0 Å². The molecule has 3 rings (SSSR count). The van der Waals surface area contributed by atoms with E-state index in [1.54, 1.807) is 6.20 Å². The summed E-state index contributed by atoms with van der Waals surface area (Å²) in [6.45, 7) is 0.767. The lowest BCUT2D eigenvalue weighted by molar-refractivity contribution is 0.376. The Morgan fingerprint density at radius 1 is 1.53 bits per heavy atom. The summed E-state index contributed by atoms with van der Waals surface area (Å²) in [6.07, 6.45) is 9.85. The Morgan fingerprint density at radius 3 is 3.24 bits per heavy atom. The van der Waals surface area contributed by atoms with Gasteiger partial charge in [-0.2, -0.15) is 0 Å². The molecule has 1 unspecified atom stereocenters. The van der Waals surface area contributed by atoms with Gasteiger partial charge in [-0.25, -0.2) is 0 Å². The van der Waals surface area contributed by atoms with Crippen molar-refractivity contribution >= 4 is 0 Å². The lowest BCUT2D eigenvalue weighted by Crippen LogP contribution is -2.20. The fourth-order valence-electron chi connectivity index (χ4n) is 2.64. The molecule has 0 saturated heterocycles. The van der Waals surface area contributed by atoms with Crippen molar-refractivity contribution in [2.75, 3.05) is 7.05 Å². The molecule has 2 heterocycles. The Bertz CT molecular complexity index is 487. The first kappa shape index (κ1) is 10.6. The number of aromatic nitrogens is 2. The summed E-state index contributed by atoms with van der Waals surface area (Å²) in [5.41, 5.74) is 2.91. The first-order valence-corrected chi connectivity index (χ1v) is 6.12. The van der Waals surface area contributed by atoms with Crippen LogP contribution < -0.4 is 5.32 Å². The minimum Gasteiger partial charge on any atom is -0.359 e. The van der Waals surface area contributed by atoms with E-state index >= 15 is 0 Å². The first-order valence-electron chi connectivity index (χ1n) is 6.12. The summed E-state index contributed by atoms with van der Waals surface area (Å²) >= 11 is 0. The average Bonchev–Trinajstić information content (AvgIpc) is 2.97. The summed E-state index contributed by atoms with van der Waals surface area (Å²) in [5.74, 6) is 0.901. The van der Waals surface area contributed by atoms with Crippen molar-refractivity contribution in [2.24, 2.45) is 0 Å². The van der Waals surface area contributed by atoms with E-state index in [-0.39, 0.29) is 0 Å². The van der Waals surface area contributed by atoms with Crippen molar-refractivity contribution in [1.82, 2.24) is 15.0 Å². The van der Waals surface area contributed by atoms with Crippen LogP contribution in [0.4, 0.5) is 0 Å². The summed E-state index contributed by atoms with van der Waals surface area (Å²) in [7, 11) is 2.04. The van der Waals surface area contributed by atoms with Crippen molar-refractivity contribution in [2.45, 2.75) is 31.8 Å². The van der Waals surface area contributed by atoms with E-state index in [0.29, 0.717) is 6.04 Å². The second-order valence-corrected chi connectivity index (χ2v) is 4.62. The van der Waals surface area contributed by atoms with Crippen LogP contribution in [0.15, 0.2) is 29.2 Å². The summed E-state index contributed by atoms with van der Waals surface area (Å²) in [4.78, 5) is 0. The van der Waals surface area contributed by atoms with E-state index in [2.05, 4.69) is 27.4 Å². The normalized spacial score (nSPS) is 19.2. The maximum absolute atomic E-state index is 5.14. The molecule has 1 aliphatic rings. The number of nitrogens with one attached hydrogen (secondary N) is 1. The topological polar surface area (TPSA) is 43.0 Å². The Hall–Kier alpha value is -1.55. The molecular formula is C13H17N3O. The molecule has 0 fully saturated rings. The standard InChI is InChI=1S/C13H17N3O/c1-14-13-4-2-3-10-7-16(9-12(10)13)8-11-5-6-15-17-11/h5-7,9,13-14H,2-4,8H2,1H3. The number of fused-ring (bicyclic) bond motifs is 1. The fourth-order valence-corrected chi connectivity index (χ4v) is 2.64. The molecule has 0 aliphatic heterocycles. The monoisotopic (exact) mass is 231 g/mol. The van der Waals surface area contributed by atoms with Gasteiger partial charge in [0.25, 0.3) is 0 Å². The zero-order chi connectivity index (χ0) is 11.7. The van der Waals surface area contributed by atoms with E-state index in [4.69, 9.17) is 4.52 Å². The third kappa shape index (κ3) is 2.00. The van der Waals surface area contributed by atoms with Crippen LogP contribution in [0.3, 0.4) is 0 Å². The Labute approximate surface area is 101 Å². The molecule has 1 atom stereocenters. The molecule has 4 heteroatoms. The van der Waals surface area contributed by atoms with Crippen molar-refractivity contribution in [3.05, 3.63) is 41.5 Å². The summed E-state index contributed by atoms with van der Waals surface area (Å²) in [5, 5.41) is 7.11. The molecule has 4 nitrogen and oxygen atoms in total. The van der Waals surface area contributed by atoms with Gasteiger partial charge in [0, 0.05) is 24.5 Å². The van der Waals surface area contributed by atoms with Crippen LogP contribution in [0.5, 0.6) is 0 Å². The molecule has 2 aromatic rings. The van der Waals surface area contributed by atoms with Gasteiger partial charge in [-0.3, -0.25) is 0 Å². The van der Waals surface area contributed by atoms with Crippen LogP contribution >= 0.6 is 0 Å². The van der Waals surface area contributed by atoms with Crippen molar-refractivity contribution in [1.29, 1.82) is 0 Å². The third-order valence-corrected chi connectivity index (χ3v) is 3.49. The smallest absolute Gasteiger partial charge is 0.156 e. The van der Waals surface area contributed by atoms with Gasteiger partial charge in [0.15, 0.2) is 5.76 Å². The van der Waals surface area contributed by atoms with Gasteiger partial charge in [0.1, 0.15) is 0 Å². The Kier molecular flexibility index (Phi) is 2.73. The summed E-state index contributed by atoms with van der Waals surface area (Å²) < 4.78 is 7.33. The molecule has 0 saturated carbocycles. The largest absolute Gasteiger partial charge is 0.359 e. The number of rotatable bonds is 3. The third-order valence-electron chi connectivity index (χ3n) is 3.49. The van der Waals surface area contributed by atoms with Gasteiger partial charge >= 0.3 is 0 Å². The van der Waals surface area contributed by atoms with Gasteiger partial charge in [-0.1, -0.05) is 5.16 Å². The van der Waals surface area contributed by atoms with Gasteiger partial charge < -0.3 is 14.4 Å². The lowest BCUT2D eigenvalue weighted by atomic mass is 9.91. The second-order valence-electron chi connectivity index (χ2n) is 4.62. The zero-order valence-electron chi connectivity index (χ0n) is 10.0. The van der Waals surface area contributed by atoms with Gasteiger partial charge in [-0.05, 0) is 37.4 Å². The van der Waals surface area contributed by atoms with E-state index in [0.717, 1.165) is 12.3 Å². The van der Waals surface area contributed by atoms with Crippen LogP contribution in [0.2, 0.25) is 0 Å². The van der Waals surface area contributed by atoms with Crippen molar-refractivity contribution < 1.29 is 4.52 Å². The number of nitrogens with zero attached hydrogens (tertiary/aromatic N) is 2. The summed E-state index contributed by atoms with van der Waals surface area (Å²) in [6, 6.07) is 2.42. The van der Waals surface area contributed by atoms with Gasteiger partial charge in [-0.15, -0.1) is 0 Å². The van der Waals surface area contributed by atoms with Crippen LogP contribution in [0, 0.1) is 0 Å². The molecule has 0 amide bonds.